The predicted molar refractivity (Wildman–Crippen MR) is 88.2 cm³/mol. The molecular weight excluding hydrogens is 290 g/mol. The summed E-state index contributed by atoms with van der Waals surface area (Å²) in [6.45, 7) is 3.60. The monoisotopic (exact) mass is 311 g/mol. The van der Waals surface area contributed by atoms with Crippen molar-refractivity contribution in [2.45, 2.75) is 18.9 Å². The van der Waals surface area contributed by atoms with Gasteiger partial charge < -0.3 is 19.5 Å². The fraction of sp³-hybridized carbons (Fsp3) is 0.368. The Kier molecular flexibility index (Phi) is 3.62. The van der Waals surface area contributed by atoms with E-state index >= 15 is 0 Å². The lowest BCUT2D eigenvalue weighted by Crippen LogP contribution is -2.16. The molecule has 2 heterocycles. The van der Waals surface area contributed by atoms with E-state index < -0.39 is 0 Å². The number of fused-ring (bicyclic) bond motifs is 1. The van der Waals surface area contributed by atoms with Crippen LogP contribution in [0.4, 0.5) is 0 Å². The lowest BCUT2D eigenvalue weighted by molar-refractivity contribution is 0.174. The molecule has 4 heteroatoms. The summed E-state index contributed by atoms with van der Waals surface area (Å²) in [6, 6.07) is 15.0. The van der Waals surface area contributed by atoms with Gasteiger partial charge >= 0.3 is 0 Å². The topological polar surface area (TPSA) is 39.7 Å². The van der Waals surface area contributed by atoms with E-state index in [0.29, 0.717) is 24.7 Å². The Bertz CT molecular complexity index is 698. The lowest BCUT2D eigenvalue weighted by Gasteiger charge is -2.21. The molecule has 120 valence electrons. The van der Waals surface area contributed by atoms with Crippen LogP contribution in [0.25, 0.3) is 0 Å². The predicted octanol–water partition coefficient (Wildman–Crippen LogP) is 3.49. The molecule has 0 saturated carbocycles. The van der Waals surface area contributed by atoms with E-state index in [1.165, 1.54) is 11.1 Å². The van der Waals surface area contributed by atoms with Crippen molar-refractivity contribution in [1.29, 1.82) is 0 Å². The summed E-state index contributed by atoms with van der Waals surface area (Å²) >= 11 is 0. The first kappa shape index (κ1) is 14.4. The zero-order valence-corrected chi connectivity index (χ0v) is 13.4. The van der Waals surface area contributed by atoms with Crippen molar-refractivity contribution in [3.63, 3.8) is 0 Å². The van der Waals surface area contributed by atoms with E-state index in [2.05, 4.69) is 36.5 Å². The van der Waals surface area contributed by atoms with Gasteiger partial charge in [0, 0.05) is 18.5 Å². The fourth-order valence-corrected chi connectivity index (χ4v) is 3.66. The molecule has 0 spiro atoms. The second kappa shape index (κ2) is 5.78. The highest BCUT2D eigenvalue weighted by Crippen LogP contribution is 2.42. The van der Waals surface area contributed by atoms with Crippen molar-refractivity contribution in [2.75, 3.05) is 20.4 Å². The molecule has 1 fully saturated rings. The van der Waals surface area contributed by atoms with Gasteiger partial charge in [-0.1, -0.05) is 25.1 Å². The van der Waals surface area contributed by atoms with Gasteiger partial charge in [0.1, 0.15) is 5.75 Å². The van der Waals surface area contributed by atoms with Crippen molar-refractivity contribution in [2.24, 2.45) is 5.92 Å². The van der Waals surface area contributed by atoms with Gasteiger partial charge in [0.15, 0.2) is 11.5 Å². The molecular formula is C19H21NO3. The first-order valence-electron chi connectivity index (χ1n) is 8.03. The van der Waals surface area contributed by atoms with E-state index in [1.807, 2.05) is 18.2 Å². The molecule has 4 rings (SSSR count). The van der Waals surface area contributed by atoms with Gasteiger partial charge in [-0.05, 0) is 41.3 Å². The molecule has 0 bridgehead atoms. The summed E-state index contributed by atoms with van der Waals surface area (Å²) in [5, 5.41) is 3.66. The number of methoxy groups -OCH3 is 1. The molecule has 1 saturated heterocycles. The van der Waals surface area contributed by atoms with Crippen LogP contribution < -0.4 is 19.5 Å². The number of hydrogen-bond acceptors (Lipinski definition) is 4. The molecule has 2 aliphatic heterocycles. The van der Waals surface area contributed by atoms with Gasteiger partial charge in [0.25, 0.3) is 0 Å². The Hall–Kier alpha value is -2.20. The van der Waals surface area contributed by atoms with Crippen molar-refractivity contribution >= 4 is 0 Å². The lowest BCUT2D eigenvalue weighted by atomic mass is 9.84. The van der Waals surface area contributed by atoms with Crippen LogP contribution in [0.5, 0.6) is 17.2 Å². The first-order chi connectivity index (χ1) is 11.3. The van der Waals surface area contributed by atoms with Gasteiger partial charge in [0.05, 0.1) is 7.11 Å². The van der Waals surface area contributed by atoms with Crippen LogP contribution in [-0.4, -0.2) is 20.4 Å². The Morgan fingerprint density at radius 2 is 1.74 bits per heavy atom. The third kappa shape index (κ3) is 2.53. The molecule has 0 radical (unpaired) electrons. The Labute approximate surface area is 136 Å². The van der Waals surface area contributed by atoms with Crippen molar-refractivity contribution in [1.82, 2.24) is 5.32 Å². The number of benzene rings is 2. The molecule has 23 heavy (non-hydrogen) atoms. The standard InChI is InChI=1S/C19H21NO3/c1-12-16(14-5-8-17-18(9-14)23-11-22-17)10-20-19(12)13-3-6-15(21-2)7-4-13/h3-9,12,16,19-20H,10-11H2,1-2H3. The minimum absolute atomic E-state index is 0.325. The normalized spacial score (nSPS) is 25.6. The van der Waals surface area contributed by atoms with Crippen molar-refractivity contribution < 1.29 is 14.2 Å². The van der Waals surface area contributed by atoms with Gasteiger partial charge in [0.2, 0.25) is 6.79 Å². The maximum absolute atomic E-state index is 5.51. The third-order valence-corrected chi connectivity index (χ3v) is 5.02. The molecule has 4 nitrogen and oxygen atoms in total. The highest BCUT2D eigenvalue weighted by molar-refractivity contribution is 5.46. The Balaban J connectivity index is 1.56. The molecule has 0 aliphatic carbocycles. The maximum Gasteiger partial charge on any atom is 0.231 e. The number of rotatable bonds is 3. The summed E-state index contributed by atoms with van der Waals surface area (Å²) < 4.78 is 16.2. The largest absolute Gasteiger partial charge is 0.497 e. The Morgan fingerprint density at radius 1 is 1.00 bits per heavy atom. The van der Waals surface area contributed by atoms with Crippen LogP contribution >= 0.6 is 0 Å². The summed E-state index contributed by atoms with van der Waals surface area (Å²) in [5.41, 5.74) is 2.62. The molecule has 1 N–H and O–H groups in total. The maximum atomic E-state index is 5.51. The van der Waals surface area contributed by atoms with Crippen LogP contribution in [0.1, 0.15) is 30.0 Å². The smallest absolute Gasteiger partial charge is 0.231 e. The van der Waals surface area contributed by atoms with Crippen LogP contribution in [0, 0.1) is 5.92 Å². The molecule has 0 aromatic heterocycles. The number of hydrogen-bond donors (Lipinski definition) is 1. The van der Waals surface area contributed by atoms with Gasteiger partial charge in [-0.25, -0.2) is 0 Å². The highest BCUT2D eigenvalue weighted by Gasteiger charge is 2.34. The van der Waals surface area contributed by atoms with Gasteiger partial charge in [-0.3, -0.25) is 0 Å². The summed E-state index contributed by atoms with van der Waals surface area (Å²) in [7, 11) is 1.70. The van der Waals surface area contributed by atoms with Gasteiger partial charge in [-0.15, -0.1) is 0 Å². The van der Waals surface area contributed by atoms with E-state index in [0.717, 1.165) is 23.8 Å². The zero-order valence-electron chi connectivity index (χ0n) is 13.4. The van der Waals surface area contributed by atoms with Gasteiger partial charge in [-0.2, -0.15) is 0 Å². The van der Waals surface area contributed by atoms with E-state index in [1.54, 1.807) is 7.11 Å². The van der Waals surface area contributed by atoms with E-state index in [9.17, 15) is 0 Å². The second-order valence-corrected chi connectivity index (χ2v) is 6.24. The number of ether oxygens (including phenoxy) is 3. The van der Waals surface area contributed by atoms with Crippen LogP contribution in [-0.2, 0) is 0 Å². The SMILES string of the molecule is COc1ccc(C2NCC(c3ccc4c(c3)OCO4)C2C)cc1. The number of nitrogens with one attached hydrogen (secondary N) is 1. The zero-order chi connectivity index (χ0) is 15.8. The quantitative estimate of drug-likeness (QED) is 0.942. The average Bonchev–Trinajstić information content (AvgIpc) is 3.20. The highest BCUT2D eigenvalue weighted by atomic mass is 16.7. The summed E-state index contributed by atoms with van der Waals surface area (Å²) in [5.74, 6) is 3.58. The second-order valence-electron chi connectivity index (χ2n) is 6.24. The summed E-state index contributed by atoms with van der Waals surface area (Å²) in [4.78, 5) is 0. The molecule has 2 aromatic rings. The minimum atomic E-state index is 0.325. The molecule has 2 aliphatic rings. The third-order valence-electron chi connectivity index (χ3n) is 5.02. The van der Waals surface area contributed by atoms with E-state index in [-0.39, 0.29) is 0 Å². The fourth-order valence-electron chi connectivity index (χ4n) is 3.66. The summed E-state index contributed by atoms with van der Waals surface area (Å²) in [6.07, 6.45) is 0. The first-order valence-corrected chi connectivity index (χ1v) is 8.03. The molecule has 3 unspecified atom stereocenters. The Morgan fingerprint density at radius 3 is 2.52 bits per heavy atom. The van der Waals surface area contributed by atoms with E-state index in [4.69, 9.17) is 14.2 Å². The molecule has 3 atom stereocenters. The average molecular weight is 311 g/mol. The van der Waals surface area contributed by atoms with Crippen molar-refractivity contribution in [3.8, 4) is 17.2 Å². The minimum Gasteiger partial charge on any atom is -0.497 e. The molecule has 2 aromatic carbocycles. The van der Waals surface area contributed by atoms with Crippen LogP contribution in [0.2, 0.25) is 0 Å². The van der Waals surface area contributed by atoms with Crippen LogP contribution in [0.15, 0.2) is 42.5 Å². The van der Waals surface area contributed by atoms with Crippen molar-refractivity contribution in [3.05, 3.63) is 53.6 Å². The molecule has 0 amide bonds. The van der Waals surface area contributed by atoms with Crippen LogP contribution in [0.3, 0.4) is 0 Å².